The number of rotatable bonds is 2. The quantitative estimate of drug-likeness (QED) is 0.871. The van der Waals surface area contributed by atoms with E-state index in [-0.39, 0.29) is 17.3 Å². The molecule has 21 heavy (non-hydrogen) atoms. The van der Waals surface area contributed by atoms with Gasteiger partial charge in [-0.05, 0) is 32.0 Å². The number of hydrogen-bond donors (Lipinski definition) is 2. The first kappa shape index (κ1) is 13.3. The van der Waals surface area contributed by atoms with Crippen molar-refractivity contribution in [2.45, 2.75) is 19.4 Å². The summed E-state index contributed by atoms with van der Waals surface area (Å²) in [5.41, 5.74) is 0.715. The number of aliphatic imine (C=N–C) groups is 1. The summed E-state index contributed by atoms with van der Waals surface area (Å²) < 4.78 is 5.28. The summed E-state index contributed by atoms with van der Waals surface area (Å²) in [4.78, 5) is 24.0. The summed E-state index contributed by atoms with van der Waals surface area (Å²) in [6.45, 7) is 4.15. The molecular weight excluding hydrogens is 272 g/mol. The second-order valence-corrected chi connectivity index (χ2v) is 5.40. The number of carbonyl (C=O) groups is 1. The molecule has 0 radical (unpaired) electrons. The molecule has 2 aromatic rings. The van der Waals surface area contributed by atoms with E-state index in [2.05, 4.69) is 20.3 Å². The number of anilines is 1. The lowest BCUT2D eigenvalue weighted by molar-refractivity contribution is -0.111. The van der Waals surface area contributed by atoms with Gasteiger partial charge in [0.25, 0.3) is 5.90 Å². The predicted octanol–water partition coefficient (Wildman–Crippen LogP) is 1.48. The topological polar surface area (TPSA) is 96.7 Å². The van der Waals surface area contributed by atoms with Crippen molar-refractivity contribution in [1.82, 2.24) is 9.97 Å². The molecule has 7 heteroatoms. The second-order valence-electron chi connectivity index (χ2n) is 5.40. The van der Waals surface area contributed by atoms with Gasteiger partial charge in [-0.25, -0.2) is 15.0 Å². The lowest BCUT2D eigenvalue weighted by Crippen LogP contribution is -2.22. The second kappa shape index (κ2) is 4.69. The Kier molecular flexibility index (Phi) is 2.97. The molecule has 2 N–H and O–H groups in total. The largest absolute Gasteiger partial charge is 0.493 e. The van der Waals surface area contributed by atoms with Crippen LogP contribution in [0.15, 0.2) is 29.5 Å². The number of aromatic nitrogens is 2. The van der Waals surface area contributed by atoms with E-state index in [1.54, 1.807) is 18.2 Å². The molecule has 2 heterocycles. The highest BCUT2D eigenvalue weighted by atomic mass is 16.5. The summed E-state index contributed by atoms with van der Waals surface area (Å²) in [5, 5.41) is 12.8. The van der Waals surface area contributed by atoms with Crippen molar-refractivity contribution in [3.63, 3.8) is 0 Å². The van der Waals surface area contributed by atoms with Crippen LogP contribution in [0.5, 0.6) is 5.88 Å². The number of hydrogen-bond acceptors (Lipinski definition) is 6. The molecule has 3 rings (SSSR count). The van der Waals surface area contributed by atoms with Crippen molar-refractivity contribution < 1.29 is 14.6 Å². The fraction of sp³-hybridized carbons (Fsp3) is 0.286. The zero-order valence-electron chi connectivity index (χ0n) is 11.6. The molecule has 0 saturated carbocycles. The molecule has 0 spiro atoms. The molecule has 0 saturated heterocycles. The third-order valence-corrected chi connectivity index (χ3v) is 3.03. The average Bonchev–Trinajstić information content (AvgIpc) is 2.80. The van der Waals surface area contributed by atoms with Crippen molar-refractivity contribution in [2.75, 3.05) is 11.9 Å². The van der Waals surface area contributed by atoms with Crippen LogP contribution >= 0.6 is 0 Å². The maximum absolute atomic E-state index is 12.1. The first-order chi connectivity index (χ1) is 9.94. The number of amides is 1. The summed E-state index contributed by atoms with van der Waals surface area (Å²) >= 11 is 0. The lowest BCUT2D eigenvalue weighted by Gasteiger charge is -2.07. The normalized spacial score (nSPS) is 16.4. The van der Waals surface area contributed by atoms with Crippen molar-refractivity contribution >= 4 is 28.4 Å². The molecule has 0 aliphatic carbocycles. The van der Waals surface area contributed by atoms with Crippen molar-refractivity contribution in [1.29, 1.82) is 0 Å². The van der Waals surface area contributed by atoms with Gasteiger partial charge in [0.05, 0.1) is 16.4 Å². The molecule has 0 unspecified atom stereocenters. The lowest BCUT2D eigenvalue weighted by atomic mass is 10.1. The number of carbonyl (C=O) groups excluding carboxylic acids is 1. The molecule has 1 aromatic carbocycles. The minimum atomic E-state index is -0.420. The highest BCUT2D eigenvalue weighted by molar-refractivity contribution is 6.40. The van der Waals surface area contributed by atoms with Crippen LogP contribution in [-0.4, -0.2) is 39.0 Å². The summed E-state index contributed by atoms with van der Waals surface area (Å²) in [6, 6.07) is 4.98. The predicted molar refractivity (Wildman–Crippen MR) is 77.3 cm³/mol. The Bertz CT molecular complexity index is 755. The van der Waals surface area contributed by atoms with E-state index in [4.69, 9.17) is 4.74 Å². The molecule has 1 aliphatic rings. The molecule has 0 fully saturated rings. The Balaban J connectivity index is 1.85. The fourth-order valence-corrected chi connectivity index (χ4v) is 2.01. The van der Waals surface area contributed by atoms with Crippen LogP contribution in [0.3, 0.4) is 0 Å². The van der Waals surface area contributed by atoms with Gasteiger partial charge in [-0.2, -0.15) is 0 Å². The Hall–Kier alpha value is -2.70. The van der Waals surface area contributed by atoms with E-state index in [1.807, 2.05) is 13.8 Å². The van der Waals surface area contributed by atoms with Crippen LogP contribution in [0.2, 0.25) is 0 Å². The first-order valence-corrected chi connectivity index (χ1v) is 6.42. The van der Waals surface area contributed by atoms with Crippen LogP contribution in [0.1, 0.15) is 13.8 Å². The maximum Gasteiger partial charge on any atom is 0.310 e. The van der Waals surface area contributed by atoms with E-state index in [9.17, 15) is 9.90 Å². The van der Waals surface area contributed by atoms with Crippen LogP contribution in [0.4, 0.5) is 5.69 Å². The van der Waals surface area contributed by atoms with Crippen LogP contribution in [0.25, 0.3) is 10.9 Å². The van der Waals surface area contributed by atoms with Crippen LogP contribution in [-0.2, 0) is 9.53 Å². The van der Waals surface area contributed by atoms with E-state index >= 15 is 0 Å². The summed E-state index contributed by atoms with van der Waals surface area (Å²) in [6.07, 6.45) is 1.28. The number of benzene rings is 1. The van der Waals surface area contributed by atoms with E-state index in [1.165, 1.54) is 6.33 Å². The van der Waals surface area contributed by atoms with Crippen molar-refractivity contribution in [2.24, 2.45) is 4.99 Å². The van der Waals surface area contributed by atoms with E-state index < -0.39 is 5.91 Å². The highest BCUT2D eigenvalue weighted by Gasteiger charge is 2.30. The van der Waals surface area contributed by atoms with Gasteiger partial charge in [-0.3, -0.25) is 4.79 Å². The van der Waals surface area contributed by atoms with Crippen molar-refractivity contribution in [3.05, 3.63) is 24.5 Å². The van der Waals surface area contributed by atoms with Gasteiger partial charge in [-0.1, -0.05) is 0 Å². The molecule has 1 aliphatic heterocycles. The first-order valence-electron chi connectivity index (χ1n) is 6.42. The zero-order valence-corrected chi connectivity index (χ0v) is 11.6. The minimum absolute atomic E-state index is 0.0635. The number of nitrogens with zero attached hydrogens (tertiary/aromatic N) is 3. The standard InChI is InChI=1S/C14H14N4O3/c1-14(2)6-21-13(18-14)12(20)17-8-3-4-10-9(5-8)11(19)16-7-15-10/h3-5,7H,6H2,1-2H3,(H,17,20)(H,15,16,19). The Labute approximate surface area is 120 Å². The minimum Gasteiger partial charge on any atom is -0.493 e. The van der Waals surface area contributed by atoms with Crippen LogP contribution in [0, 0.1) is 0 Å². The van der Waals surface area contributed by atoms with Gasteiger partial charge in [0.15, 0.2) is 0 Å². The fourth-order valence-electron chi connectivity index (χ4n) is 2.01. The van der Waals surface area contributed by atoms with Crippen molar-refractivity contribution in [3.8, 4) is 5.88 Å². The molecular formula is C14H14N4O3. The van der Waals surface area contributed by atoms with Gasteiger partial charge >= 0.3 is 5.91 Å². The molecule has 0 bridgehead atoms. The molecule has 1 aromatic heterocycles. The van der Waals surface area contributed by atoms with Crippen LogP contribution < -0.4 is 5.32 Å². The maximum atomic E-state index is 12.1. The number of fused-ring (bicyclic) bond motifs is 1. The number of aromatic hydroxyl groups is 1. The monoisotopic (exact) mass is 286 g/mol. The molecule has 108 valence electrons. The Morgan fingerprint density at radius 2 is 2.19 bits per heavy atom. The Morgan fingerprint density at radius 3 is 2.90 bits per heavy atom. The number of ether oxygens (including phenoxy) is 1. The van der Waals surface area contributed by atoms with Gasteiger partial charge in [0, 0.05) is 5.69 Å². The average molecular weight is 286 g/mol. The van der Waals surface area contributed by atoms with Gasteiger partial charge in [0.2, 0.25) is 5.88 Å². The smallest absolute Gasteiger partial charge is 0.310 e. The van der Waals surface area contributed by atoms with Gasteiger partial charge in [-0.15, -0.1) is 0 Å². The molecule has 0 atom stereocenters. The van der Waals surface area contributed by atoms with E-state index in [0.717, 1.165) is 0 Å². The SMILES string of the molecule is CC1(C)COC(C(=O)Nc2ccc3ncnc(O)c3c2)=N1. The molecule has 1 amide bonds. The third-order valence-electron chi connectivity index (χ3n) is 3.03. The van der Waals surface area contributed by atoms with E-state index in [0.29, 0.717) is 23.2 Å². The summed E-state index contributed by atoms with van der Waals surface area (Å²) in [5.74, 6) is -0.489. The van der Waals surface area contributed by atoms with Gasteiger partial charge < -0.3 is 15.2 Å². The zero-order chi connectivity index (χ0) is 15.0. The molecule has 7 nitrogen and oxygen atoms in total. The number of nitrogens with one attached hydrogen (secondary N) is 1. The highest BCUT2D eigenvalue weighted by Crippen LogP contribution is 2.24. The Morgan fingerprint density at radius 1 is 1.38 bits per heavy atom. The van der Waals surface area contributed by atoms with Gasteiger partial charge in [0.1, 0.15) is 12.9 Å². The summed E-state index contributed by atoms with van der Waals surface area (Å²) in [7, 11) is 0. The third kappa shape index (κ3) is 2.62.